The number of ether oxygens (including phenoxy) is 1. The minimum Gasteiger partial charge on any atom is -0.480 e. The van der Waals surface area contributed by atoms with Crippen molar-refractivity contribution >= 4 is 17.8 Å². The fraction of sp³-hybridized carbons (Fsp3) is 0.600. The van der Waals surface area contributed by atoms with Crippen molar-refractivity contribution in [1.29, 1.82) is 0 Å². The van der Waals surface area contributed by atoms with Crippen LogP contribution in [-0.4, -0.2) is 83.6 Å². The Balaban J connectivity index is 1.41. The van der Waals surface area contributed by atoms with Crippen molar-refractivity contribution < 1.29 is 24.2 Å². The molecule has 3 atom stereocenters. The van der Waals surface area contributed by atoms with E-state index in [4.69, 9.17) is 9.84 Å². The van der Waals surface area contributed by atoms with Crippen LogP contribution in [0.3, 0.4) is 0 Å². The molecule has 158 valence electrons. The van der Waals surface area contributed by atoms with Gasteiger partial charge in [-0.05, 0) is 31.0 Å². The molecule has 0 aromatic carbocycles. The van der Waals surface area contributed by atoms with Crippen LogP contribution in [0.1, 0.15) is 30.9 Å². The number of pyridine rings is 1. The van der Waals surface area contributed by atoms with Crippen LogP contribution in [0.25, 0.3) is 0 Å². The number of carboxylic acid groups (broad SMARTS) is 1. The number of nitrogens with zero attached hydrogens (tertiary/aromatic N) is 3. The van der Waals surface area contributed by atoms with Crippen molar-refractivity contribution in [3.63, 3.8) is 0 Å². The first-order valence-corrected chi connectivity index (χ1v) is 9.97. The van der Waals surface area contributed by atoms with Crippen LogP contribution in [0, 0.1) is 5.92 Å². The highest BCUT2D eigenvalue weighted by Gasteiger charge is 2.42. The van der Waals surface area contributed by atoms with E-state index in [-0.39, 0.29) is 24.3 Å². The van der Waals surface area contributed by atoms with Gasteiger partial charge in [-0.1, -0.05) is 6.07 Å². The van der Waals surface area contributed by atoms with Crippen molar-refractivity contribution in [2.24, 2.45) is 5.92 Å². The molecule has 29 heavy (non-hydrogen) atoms. The number of carbonyl (C=O) groups excluding carboxylic acids is 2. The number of amides is 2. The van der Waals surface area contributed by atoms with Crippen molar-refractivity contribution in [2.45, 2.75) is 31.3 Å². The number of likely N-dealkylation sites (tertiary alicyclic amines) is 2. The standard InChI is InChI=1S/C20H28N4O5/c1-23-17(25)12-15(18(23)14-4-2-6-21-13-14)19(26)22-7-10-29-11-9-24-8-3-5-16(24)20(27)28/h2,4,6,13,15-16,18H,3,5,7-12H2,1H3,(H,22,26)(H,27,28)/t15-,16-,18+/m0/s1. The van der Waals surface area contributed by atoms with Gasteiger partial charge < -0.3 is 20.1 Å². The second-order valence-electron chi connectivity index (χ2n) is 7.48. The summed E-state index contributed by atoms with van der Waals surface area (Å²) in [7, 11) is 1.71. The molecule has 9 nitrogen and oxygen atoms in total. The molecule has 0 saturated carbocycles. The maximum Gasteiger partial charge on any atom is 0.320 e. The molecule has 2 aliphatic rings. The van der Waals surface area contributed by atoms with Gasteiger partial charge in [0.05, 0.1) is 25.2 Å². The molecule has 2 saturated heterocycles. The summed E-state index contributed by atoms with van der Waals surface area (Å²) in [5.74, 6) is -1.48. The second-order valence-corrected chi connectivity index (χ2v) is 7.48. The van der Waals surface area contributed by atoms with E-state index in [1.165, 1.54) is 0 Å². The molecule has 3 heterocycles. The van der Waals surface area contributed by atoms with Gasteiger partial charge in [-0.25, -0.2) is 0 Å². The summed E-state index contributed by atoms with van der Waals surface area (Å²) >= 11 is 0. The summed E-state index contributed by atoms with van der Waals surface area (Å²) in [6.07, 6.45) is 5.09. The molecule has 0 aliphatic carbocycles. The first-order valence-electron chi connectivity index (χ1n) is 9.97. The number of rotatable bonds is 9. The van der Waals surface area contributed by atoms with E-state index >= 15 is 0 Å². The molecule has 0 bridgehead atoms. The Morgan fingerprint density at radius 2 is 2.21 bits per heavy atom. The average molecular weight is 404 g/mol. The van der Waals surface area contributed by atoms with Gasteiger partial charge in [0.1, 0.15) is 6.04 Å². The van der Waals surface area contributed by atoms with E-state index in [2.05, 4.69) is 10.3 Å². The predicted molar refractivity (Wildman–Crippen MR) is 104 cm³/mol. The minimum absolute atomic E-state index is 0.0612. The summed E-state index contributed by atoms with van der Waals surface area (Å²) < 4.78 is 5.55. The number of hydrogen-bond acceptors (Lipinski definition) is 6. The summed E-state index contributed by atoms with van der Waals surface area (Å²) in [4.78, 5) is 43.6. The molecule has 2 N–H and O–H groups in total. The van der Waals surface area contributed by atoms with E-state index in [1.807, 2.05) is 11.0 Å². The number of aromatic nitrogens is 1. The summed E-state index contributed by atoms with van der Waals surface area (Å²) in [6, 6.07) is 2.93. The van der Waals surface area contributed by atoms with Crippen molar-refractivity contribution in [3.8, 4) is 0 Å². The van der Waals surface area contributed by atoms with Crippen LogP contribution in [0.4, 0.5) is 0 Å². The van der Waals surface area contributed by atoms with Crippen LogP contribution in [0.15, 0.2) is 24.5 Å². The van der Waals surface area contributed by atoms with Crippen molar-refractivity contribution in [3.05, 3.63) is 30.1 Å². The maximum absolute atomic E-state index is 12.6. The molecule has 2 amide bonds. The second kappa shape index (κ2) is 9.80. The maximum atomic E-state index is 12.6. The molecule has 2 aliphatic heterocycles. The Labute approximate surface area is 170 Å². The Morgan fingerprint density at radius 1 is 1.38 bits per heavy atom. The highest BCUT2D eigenvalue weighted by Crippen LogP contribution is 2.36. The first kappa shape index (κ1) is 21.2. The SMILES string of the molecule is CN1C(=O)C[C@H](C(=O)NCCOCCN2CCC[C@H]2C(=O)O)[C@H]1c1cccnc1. The van der Waals surface area contributed by atoms with Crippen molar-refractivity contribution in [1.82, 2.24) is 20.1 Å². The number of aliphatic carboxylic acids is 1. The monoisotopic (exact) mass is 404 g/mol. The Bertz CT molecular complexity index is 729. The third-order valence-electron chi connectivity index (χ3n) is 5.67. The van der Waals surface area contributed by atoms with Gasteiger partial charge in [0.25, 0.3) is 0 Å². The Hall–Kier alpha value is -2.52. The largest absolute Gasteiger partial charge is 0.480 e. The van der Waals surface area contributed by atoms with Gasteiger partial charge in [-0.2, -0.15) is 0 Å². The molecule has 3 rings (SSSR count). The molecule has 9 heteroatoms. The predicted octanol–water partition coefficient (Wildman–Crippen LogP) is 0.283. The van der Waals surface area contributed by atoms with Crippen molar-refractivity contribution in [2.75, 3.05) is 39.9 Å². The van der Waals surface area contributed by atoms with Crippen LogP contribution in [0.2, 0.25) is 0 Å². The van der Waals surface area contributed by atoms with Gasteiger partial charge in [0.2, 0.25) is 11.8 Å². The van der Waals surface area contributed by atoms with Gasteiger partial charge in [-0.3, -0.25) is 24.3 Å². The molecule has 1 aromatic rings. The van der Waals surface area contributed by atoms with Gasteiger partial charge in [0.15, 0.2) is 0 Å². The third-order valence-corrected chi connectivity index (χ3v) is 5.67. The molecular formula is C20H28N4O5. The molecule has 0 spiro atoms. The quantitative estimate of drug-likeness (QED) is 0.569. The molecule has 2 fully saturated rings. The number of hydrogen-bond donors (Lipinski definition) is 2. The normalized spacial score (nSPS) is 24.8. The van der Waals surface area contributed by atoms with E-state index < -0.39 is 17.9 Å². The zero-order chi connectivity index (χ0) is 20.8. The molecule has 0 unspecified atom stereocenters. The zero-order valence-corrected chi connectivity index (χ0v) is 16.6. The summed E-state index contributed by atoms with van der Waals surface area (Å²) in [5.41, 5.74) is 0.843. The third kappa shape index (κ3) is 5.10. The van der Waals surface area contributed by atoms with E-state index in [1.54, 1.807) is 30.4 Å². The van der Waals surface area contributed by atoms with Crippen LogP contribution >= 0.6 is 0 Å². The topological polar surface area (TPSA) is 112 Å². The molecular weight excluding hydrogens is 376 g/mol. The smallest absolute Gasteiger partial charge is 0.320 e. The lowest BCUT2D eigenvalue weighted by Gasteiger charge is -2.24. The van der Waals surface area contributed by atoms with Crippen LogP contribution < -0.4 is 5.32 Å². The Morgan fingerprint density at radius 3 is 2.93 bits per heavy atom. The number of carbonyl (C=O) groups is 3. The highest BCUT2D eigenvalue weighted by molar-refractivity contribution is 5.90. The van der Waals surface area contributed by atoms with E-state index in [9.17, 15) is 14.4 Å². The summed E-state index contributed by atoms with van der Waals surface area (Å²) in [5, 5.41) is 12.0. The van der Waals surface area contributed by atoms with Gasteiger partial charge >= 0.3 is 5.97 Å². The fourth-order valence-electron chi connectivity index (χ4n) is 4.15. The van der Waals surface area contributed by atoms with E-state index in [0.29, 0.717) is 32.7 Å². The summed E-state index contributed by atoms with van der Waals surface area (Å²) in [6.45, 7) is 2.44. The lowest BCUT2D eigenvalue weighted by Crippen LogP contribution is -2.38. The molecule has 0 radical (unpaired) electrons. The number of carboxylic acids is 1. The molecule has 1 aromatic heterocycles. The number of nitrogens with one attached hydrogen (secondary N) is 1. The van der Waals surface area contributed by atoms with Crippen LogP contribution in [-0.2, 0) is 19.1 Å². The fourth-order valence-corrected chi connectivity index (χ4v) is 4.15. The lowest BCUT2D eigenvalue weighted by molar-refractivity contribution is -0.142. The minimum atomic E-state index is -0.783. The average Bonchev–Trinajstić information content (AvgIpc) is 3.30. The zero-order valence-electron chi connectivity index (χ0n) is 16.6. The van der Waals surface area contributed by atoms with Crippen LogP contribution in [0.5, 0.6) is 0 Å². The first-order chi connectivity index (χ1) is 14.0. The van der Waals surface area contributed by atoms with Gasteiger partial charge in [0, 0.05) is 39.0 Å². The van der Waals surface area contributed by atoms with E-state index in [0.717, 1.165) is 18.5 Å². The lowest BCUT2D eigenvalue weighted by atomic mass is 9.94. The van der Waals surface area contributed by atoms with Gasteiger partial charge in [-0.15, -0.1) is 0 Å². The highest BCUT2D eigenvalue weighted by atomic mass is 16.5. The Kier molecular flexibility index (Phi) is 7.16.